The van der Waals surface area contributed by atoms with E-state index in [1.54, 1.807) is 31.2 Å². The summed E-state index contributed by atoms with van der Waals surface area (Å²) < 4.78 is 11.3. The molecule has 0 saturated heterocycles. The van der Waals surface area contributed by atoms with Crippen molar-refractivity contribution in [2.24, 2.45) is 10.9 Å². The summed E-state index contributed by atoms with van der Waals surface area (Å²) in [6, 6.07) is 6.99. The molecule has 0 radical (unpaired) electrons. The molecule has 1 aliphatic carbocycles. The molecule has 1 aromatic heterocycles. The first kappa shape index (κ1) is 21.2. The molecule has 2 aliphatic rings. The number of esters is 1. The van der Waals surface area contributed by atoms with Crippen LogP contribution in [0, 0.1) is 5.92 Å². The molecule has 6 nitrogen and oxygen atoms in total. The topological polar surface area (TPSA) is 85.9 Å². The lowest BCUT2D eigenvalue weighted by Crippen LogP contribution is -2.39. The number of allylic oxidation sites excluding steroid dienone is 2. The van der Waals surface area contributed by atoms with Crippen molar-refractivity contribution in [1.82, 2.24) is 0 Å². The second kappa shape index (κ2) is 9.00. The predicted octanol–water partition coefficient (Wildman–Crippen LogP) is 4.71. The number of fused-ring (bicyclic) bond motifs is 1. The third-order valence-corrected chi connectivity index (χ3v) is 6.12. The Hall–Kier alpha value is -3.02. The van der Waals surface area contributed by atoms with Gasteiger partial charge in [-0.1, -0.05) is 31.9 Å². The first-order valence-corrected chi connectivity index (χ1v) is 11.0. The summed E-state index contributed by atoms with van der Waals surface area (Å²) in [6.45, 7) is 4.17. The van der Waals surface area contributed by atoms with E-state index in [1.165, 1.54) is 6.26 Å². The highest BCUT2D eigenvalue weighted by molar-refractivity contribution is 6.08. The second-order valence-corrected chi connectivity index (χ2v) is 8.24. The number of aliphatic imine (C=N–C) groups is 1. The maximum Gasteiger partial charge on any atom is 0.315 e. The van der Waals surface area contributed by atoms with Gasteiger partial charge in [0.15, 0.2) is 11.2 Å². The molecule has 6 heteroatoms. The first-order valence-electron chi connectivity index (χ1n) is 11.0. The molecular formula is C25H27NO5. The van der Waals surface area contributed by atoms with Crippen molar-refractivity contribution >= 4 is 28.4 Å². The van der Waals surface area contributed by atoms with Gasteiger partial charge in [-0.25, -0.2) is 0 Å². The summed E-state index contributed by atoms with van der Waals surface area (Å²) in [5.74, 6) is -2.05. The van der Waals surface area contributed by atoms with Gasteiger partial charge in [0.05, 0.1) is 18.3 Å². The number of unbranched alkanes of at least 4 members (excludes halogenated alkanes) is 2. The van der Waals surface area contributed by atoms with Gasteiger partial charge in [-0.05, 0) is 38.3 Å². The largest absolute Gasteiger partial charge is 0.465 e. The van der Waals surface area contributed by atoms with Crippen molar-refractivity contribution in [2.45, 2.75) is 58.3 Å². The average molecular weight is 421 g/mol. The third kappa shape index (κ3) is 3.99. The van der Waals surface area contributed by atoms with Gasteiger partial charge in [-0.15, -0.1) is 0 Å². The van der Waals surface area contributed by atoms with E-state index in [2.05, 4.69) is 11.9 Å². The van der Waals surface area contributed by atoms with Crippen molar-refractivity contribution in [1.29, 1.82) is 0 Å². The Kier molecular flexibility index (Phi) is 6.16. The van der Waals surface area contributed by atoms with Gasteiger partial charge in [-0.3, -0.25) is 19.4 Å². The number of hydrogen-bond donors (Lipinski definition) is 0. The van der Waals surface area contributed by atoms with Gasteiger partial charge in [-0.2, -0.15) is 0 Å². The van der Waals surface area contributed by atoms with Gasteiger partial charge >= 0.3 is 5.97 Å². The smallest absolute Gasteiger partial charge is 0.315 e. The zero-order valence-corrected chi connectivity index (χ0v) is 18.0. The van der Waals surface area contributed by atoms with Gasteiger partial charge < -0.3 is 9.15 Å². The first-order chi connectivity index (χ1) is 15.0. The zero-order chi connectivity index (χ0) is 22.0. The number of Topliss-reactive ketones (excluding diaryl/α,β-unsaturated/α-hetero) is 1. The molecule has 0 N–H and O–H groups in total. The summed E-state index contributed by atoms with van der Waals surface area (Å²) >= 11 is 0. The minimum Gasteiger partial charge on any atom is -0.465 e. The minimum absolute atomic E-state index is 0.0566. The van der Waals surface area contributed by atoms with E-state index in [4.69, 9.17) is 9.15 Å². The van der Waals surface area contributed by atoms with Crippen LogP contribution in [0.2, 0.25) is 0 Å². The van der Waals surface area contributed by atoms with E-state index in [-0.39, 0.29) is 11.2 Å². The van der Waals surface area contributed by atoms with Crippen molar-refractivity contribution < 1.29 is 18.7 Å². The zero-order valence-electron chi connectivity index (χ0n) is 18.0. The predicted molar refractivity (Wildman–Crippen MR) is 118 cm³/mol. The fourth-order valence-electron chi connectivity index (χ4n) is 4.57. The summed E-state index contributed by atoms with van der Waals surface area (Å²) in [7, 11) is 0. The number of carbonyl (C=O) groups is 2. The average Bonchev–Trinajstić information content (AvgIpc) is 2.76. The fraction of sp³-hybridized carbons (Fsp3) is 0.440. The summed E-state index contributed by atoms with van der Waals surface area (Å²) in [6.07, 6.45) is 5.94. The third-order valence-electron chi connectivity index (χ3n) is 6.12. The molecule has 0 bridgehead atoms. The van der Waals surface area contributed by atoms with Gasteiger partial charge in [0.25, 0.3) is 0 Å². The molecule has 1 aromatic carbocycles. The molecule has 1 unspecified atom stereocenters. The minimum atomic E-state index is -0.813. The summed E-state index contributed by atoms with van der Waals surface area (Å²) in [5.41, 5.74) is 2.28. The van der Waals surface area contributed by atoms with E-state index in [0.717, 1.165) is 25.7 Å². The summed E-state index contributed by atoms with van der Waals surface area (Å²) in [4.78, 5) is 44.1. The number of benzene rings is 1. The fourth-order valence-corrected chi connectivity index (χ4v) is 4.57. The Bertz CT molecular complexity index is 1140. The van der Waals surface area contributed by atoms with Crippen molar-refractivity contribution in [3.05, 3.63) is 57.6 Å². The van der Waals surface area contributed by atoms with E-state index in [1.807, 2.05) is 0 Å². The Labute approximate surface area is 181 Å². The Morgan fingerprint density at radius 2 is 2.00 bits per heavy atom. The maximum absolute atomic E-state index is 13.4. The molecular weight excluding hydrogens is 394 g/mol. The van der Waals surface area contributed by atoms with Crippen LogP contribution in [0.4, 0.5) is 0 Å². The molecule has 2 atom stereocenters. The number of hydrogen-bond acceptors (Lipinski definition) is 6. The van der Waals surface area contributed by atoms with Crippen LogP contribution in [0.3, 0.4) is 0 Å². The molecule has 0 spiro atoms. The highest BCUT2D eigenvalue weighted by atomic mass is 16.5. The Morgan fingerprint density at radius 1 is 1.19 bits per heavy atom. The molecule has 0 saturated carbocycles. The molecule has 31 heavy (non-hydrogen) atoms. The number of nitrogens with zero attached hydrogens (tertiary/aromatic N) is 1. The molecule has 2 heterocycles. The van der Waals surface area contributed by atoms with Crippen LogP contribution in [-0.4, -0.2) is 24.1 Å². The van der Waals surface area contributed by atoms with Gasteiger partial charge in [0, 0.05) is 34.9 Å². The lowest BCUT2D eigenvalue weighted by atomic mass is 9.72. The monoisotopic (exact) mass is 421 g/mol. The number of ether oxygens (including phenoxy) is 1. The molecule has 4 rings (SSSR count). The SMILES string of the molecule is CCCCCOC(=O)C1C(C)=NC2=C(C(=O)CCC2)[C@H]1c1coc2ccccc2c1=O. The van der Waals surface area contributed by atoms with Crippen LogP contribution in [0.15, 0.2) is 56.0 Å². The molecule has 162 valence electrons. The van der Waals surface area contributed by atoms with E-state index in [0.29, 0.717) is 53.0 Å². The van der Waals surface area contributed by atoms with Crippen molar-refractivity contribution in [3.63, 3.8) is 0 Å². The second-order valence-electron chi connectivity index (χ2n) is 8.24. The molecule has 0 fully saturated rings. The molecule has 2 aromatic rings. The Morgan fingerprint density at radius 3 is 2.81 bits per heavy atom. The van der Waals surface area contributed by atoms with Crippen LogP contribution in [-0.2, 0) is 14.3 Å². The summed E-state index contributed by atoms with van der Waals surface area (Å²) in [5, 5.41) is 0.431. The number of para-hydroxylation sites is 1. The number of carbonyl (C=O) groups excluding carboxylic acids is 2. The molecule has 1 aliphatic heterocycles. The van der Waals surface area contributed by atoms with Crippen LogP contribution >= 0.6 is 0 Å². The highest BCUT2D eigenvalue weighted by Crippen LogP contribution is 2.43. The Balaban J connectivity index is 1.81. The number of rotatable bonds is 6. The van der Waals surface area contributed by atoms with Crippen molar-refractivity contribution in [2.75, 3.05) is 6.61 Å². The lowest BCUT2D eigenvalue weighted by molar-refractivity contribution is -0.146. The van der Waals surface area contributed by atoms with Gasteiger partial charge in [0.2, 0.25) is 0 Å². The van der Waals surface area contributed by atoms with E-state index in [9.17, 15) is 14.4 Å². The quantitative estimate of drug-likeness (QED) is 0.498. The van der Waals surface area contributed by atoms with E-state index < -0.39 is 17.8 Å². The maximum atomic E-state index is 13.4. The van der Waals surface area contributed by atoms with Crippen LogP contribution in [0.1, 0.15) is 63.9 Å². The normalized spacial score (nSPS) is 21.1. The van der Waals surface area contributed by atoms with Crippen LogP contribution in [0.5, 0.6) is 0 Å². The van der Waals surface area contributed by atoms with E-state index >= 15 is 0 Å². The van der Waals surface area contributed by atoms with Crippen LogP contribution in [0.25, 0.3) is 11.0 Å². The van der Waals surface area contributed by atoms with Crippen molar-refractivity contribution in [3.8, 4) is 0 Å². The van der Waals surface area contributed by atoms with Crippen LogP contribution < -0.4 is 5.43 Å². The number of ketones is 1. The lowest BCUT2D eigenvalue weighted by Gasteiger charge is -2.33. The van der Waals surface area contributed by atoms with Gasteiger partial charge in [0.1, 0.15) is 11.5 Å². The molecule has 0 amide bonds. The standard InChI is InChI=1S/C25H27NO5/c1-3-4-7-13-30-25(29)21-15(2)26-18-10-8-11-19(27)23(18)22(21)17-14-31-20-12-6-5-9-16(20)24(17)28/h5-6,9,12,14,21-22H,3-4,7-8,10-11,13H2,1-2H3/t21?,22-/m0/s1. The highest BCUT2D eigenvalue weighted by Gasteiger charge is 2.44.